The molecule has 32 heavy (non-hydrogen) atoms. The number of amides is 2. The van der Waals surface area contributed by atoms with E-state index in [0.717, 1.165) is 24.8 Å². The summed E-state index contributed by atoms with van der Waals surface area (Å²) in [6.45, 7) is 2.57. The molecule has 1 aromatic heterocycles. The fourth-order valence-electron chi connectivity index (χ4n) is 4.25. The van der Waals surface area contributed by atoms with Crippen LogP contribution in [0.4, 0.5) is 14.9 Å². The van der Waals surface area contributed by atoms with Gasteiger partial charge in [-0.3, -0.25) is 5.01 Å². The number of fused-ring (bicyclic) bond motifs is 1. The van der Waals surface area contributed by atoms with E-state index in [2.05, 4.69) is 15.4 Å². The average molecular weight is 460 g/mol. The molecular weight excluding hydrogens is 433 g/mol. The third-order valence-corrected chi connectivity index (χ3v) is 6.83. The van der Waals surface area contributed by atoms with E-state index in [-0.39, 0.29) is 35.0 Å². The second-order valence-electron chi connectivity index (χ2n) is 8.12. The van der Waals surface area contributed by atoms with E-state index in [4.69, 9.17) is 0 Å². The van der Waals surface area contributed by atoms with Gasteiger partial charge in [0.2, 0.25) is 0 Å². The number of nitrogens with one attached hydrogen (secondary N) is 1. The number of sulfone groups is 1. The SMILES string of the molecule is CCC[C@H](NC(=O)N1CCC2C1C=NN2c1ccc(F)cc1)c1ccnc(S(C)(=O)=O)c1. The zero-order valence-corrected chi connectivity index (χ0v) is 18.8. The number of hydrazone groups is 1. The van der Waals surface area contributed by atoms with E-state index in [1.807, 2.05) is 11.9 Å². The minimum atomic E-state index is -3.45. The Hall–Kier alpha value is -3.01. The fourth-order valence-corrected chi connectivity index (χ4v) is 4.85. The fraction of sp³-hybridized carbons (Fsp3) is 0.409. The van der Waals surface area contributed by atoms with Crippen molar-refractivity contribution in [3.8, 4) is 0 Å². The van der Waals surface area contributed by atoms with Crippen LogP contribution in [0.1, 0.15) is 37.8 Å². The first-order valence-corrected chi connectivity index (χ1v) is 12.5. The van der Waals surface area contributed by atoms with Crippen LogP contribution in [-0.4, -0.2) is 55.4 Å². The lowest BCUT2D eigenvalue weighted by Gasteiger charge is -2.27. The summed E-state index contributed by atoms with van der Waals surface area (Å²) in [6.07, 6.45) is 6.54. The largest absolute Gasteiger partial charge is 0.331 e. The lowest BCUT2D eigenvalue weighted by Crippen LogP contribution is -2.47. The maximum Gasteiger partial charge on any atom is 0.318 e. The van der Waals surface area contributed by atoms with Crippen molar-refractivity contribution < 1.29 is 17.6 Å². The van der Waals surface area contributed by atoms with Crippen LogP contribution in [0.15, 0.2) is 52.7 Å². The molecule has 0 radical (unpaired) electrons. The predicted molar refractivity (Wildman–Crippen MR) is 120 cm³/mol. The molecule has 0 saturated carbocycles. The van der Waals surface area contributed by atoms with Crippen molar-refractivity contribution in [1.29, 1.82) is 0 Å². The second kappa shape index (κ2) is 8.85. The molecule has 0 bridgehead atoms. The van der Waals surface area contributed by atoms with Crippen molar-refractivity contribution in [3.63, 3.8) is 0 Å². The predicted octanol–water partition coefficient (Wildman–Crippen LogP) is 3.12. The molecule has 2 aliphatic heterocycles. The van der Waals surface area contributed by atoms with Gasteiger partial charge >= 0.3 is 6.03 Å². The molecule has 3 atom stereocenters. The summed E-state index contributed by atoms with van der Waals surface area (Å²) in [7, 11) is -3.45. The van der Waals surface area contributed by atoms with Crippen LogP contribution in [0.5, 0.6) is 0 Å². The summed E-state index contributed by atoms with van der Waals surface area (Å²) < 4.78 is 37.0. The van der Waals surface area contributed by atoms with Crippen LogP contribution in [0.25, 0.3) is 0 Å². The number of nitrogens with zero attached hydrogens (tertiary/aromatic N) is 4. The molecule has 0 spiro atoms. The summed E-state index contributed by atoms with van der Waals surface area (Å²) >= 11 is 0. The van der Waals surface area contributed by atoms with Gasteiger partial charge in [-0.05, 0) is 54.8 Å². The van der Waals surface area contributed by atoms with Crippen molar-refractivity contribution in [2.75, 3.05) is 17.8 Å². The topological polar surface area (TPSA) is 95.0 Å². The molecule has 2 aromatic rings. The molecule has 1 fully saturated rings. The molecular formula is C22H26FN5O3S. The zero-order chi connectivity index (χ0) is 22.9. The maximum absolute atomic E-state index is 13.3. The van der Waals surface area contributed by atoms with E-state index >= 15 is 0 Å². The minimum Gasteiger partial charge on any atom is -0.331 e. The van der Waals surface area contributed by atoms with Gasteiger partial charge in [0.05, 0.1) is 23.8 Å². The first kappa shape index (κ1) is 22.2. The highest BCUT2D eigenvalue weighted by Gasteiger charge is 2.43. The number of carbonyl (C=O) groups is 1. The van der Waals surface area contributed by atoms with Crippen LogP contribution >= 0.6 is 0 Å². The molecule has 10 heteroatoms. The smallest absolute Gasteiger partial charge is 0.318 e. The van der Waals surface area contributed by atoms with Gasteiger partial charge in [0.25, 0.3) is 0 Å². The Morgan fingerprint density at radius 1 is 1.28 bits per heavy atom. The Bertz CT molecular complexity index is 1120. The van der Waals surface area contributed by atoms with Gasteiger partial charge in [0.15, 0.2) is 14.9 Å². The van der Waals surface area contributed by atoms with Crippen molar-refractivity contribution in [1.82, 2.24) is 15.2 Å². The molecule has 1 N–H and O–H groups in total. The number of urea groups is 1. The van der Waals surface area contributed by atoms with Crippen molar-refractivity contribution in [3.05, 3.63) is 54.0 Å². The molecule has 1 saturated heterocycles. The van der Waals surface area contributed by atoms with Gasteiger partial charge in [-0.1, -0.05) is 13.3 Å². The number of rotatable bonds is 6. The van der Waals surface area contributed by atoms with E-state index in [9.17, 15) is 17.6 Å². The van der Waals surface area contributed by atoms with Gasteiger partial charge in [-0.15, -0.1) is 0 Å². The van der Waals surface area contributed by atoms with Gasteiger partial charge in [-0.25, -0.2) is 22.6 Å². The van der Waals surface area contributed by atoms with Crippen LogP contribution in [-0.2, 0) is 9.84 Å². The van der Waals surface area contributed by atoms with Gasteiger partial charge in [0.1, 0.15) is 5.82 Å². The van der Waals surface area contributed by atoms with Gasteiger partial charge in [-0.2, -0.15) is 5.10 Å². The number of benzene rings is 1. The average Bonchev–Trinajstić information content (AvgIpc) is 3.36. The molecule has 0 aliphatic carbocycles. The van der Waals surface area contributed by atoms with E-state index < -0.39 is 9.84 Å². The number of pyridine rings is 1. The first-order valence-electron chi connectivity index (χ1n) is 10.6. The molecule has 3 heterocycles. The highest BCUT2D eigenvalue weighted by atomic mass is 32.2. The summed E-state index contributed by atoms with van der Waals surface area (Å²) in [5.41, 5.74) is 1.49. The lowest BCUT2D eigenvalue weighted by molar-refractivity contribution is 0.198. The number of halogens is 1. The minimum absolute atomic E-state index is 0.00593. The van der Waals surface area contributed by atoms with Crippen LogP contribution < -0.4 is 10.3 Å². The van der Waals surface area contributed by atoms with E-state index in [1.54, 1.807) is 29.3 Å². The number of carbonyl (C=O) groups excluding carboxylic acids is 1. The van der Waals surface area contributed by atoms with Crippen LogP contribution in [0.3, 0.4) is 0 Å². The standard InChI is InChI=1S/C22H26FN5O3S/c1-3-4-18(15-9-11-24-21(13-15)32(2,30)31)26-22(29)27-12-10-19-20(27)14-25-28(19)17-7-5-16(23)6-8-17/h5-9,11,13-14,18-20H,3-4,10,12H2,1-2H3,(H,26,29)/t18-,19?,20?/m0/s1. The molecule has 2 unspecified atom stereocenters. The van der Waals surface area contributed by atoms with Gasteiger partial charge < -0.3 is 10.2 Å². The Balaban J connectivity index is 1.48. The normalized spacial score (nSPS) is 21.0. The monoisotopic (exact) mass is 459 g/mol. The Morgan fingerprint density at radius 2 is 2.03 bits per heavy atom. The first-order chi connectivity index (χ1) is 15.3. The highest BCUT2D eigenvalue weighted by molar-refractivity contribution is 7.90. The number of hydrogen-bond acceptors (Lipinski definition) is 6. The maximum atomic E-state index is 13.3. The summed E-state index contributed by atoms with van der Waals surface area (Å²) in [5, 5.41) is 9.34. The Morgan fingerprint density at radius 3 is 2.72 bits per heavy atom. The summed E-state index contributed by atoms with van der Waals surface area (Å²) in [6, 6.07) is 8.66. The number of likely N-dealkylation sites (tertiary alicyclic amines) is 1. The Labute approximate surface area is 187 Å². The molecule has 4 rings (SSSR count). The molecule has 8 nitrogen and oxygen atoms in total. The summed E-state index contributed by atoms with van der Waals surface area (Å²) in [4.78, 5) is 18.9. The highest BCUT2D eigenvalue weighted by Crippen LogP contribution is 2.32. The second-order valence-corrected chi connectivity index (χ2v) is 10.1. The molecule has 2 amide bonds. The van der Waals surface area contributed by atoms with Crippen LogP contribution in [0, 0.1) is 5.82 Å². The zero-order valence-electron chi connectivity index (χ0n) is 18.0. The molecule has 170 valence electrons. The third-order valence-electron chi connectivity index (χ3n) is 5.85. The number of hydrogen-bond donors (Lipinski definition) is 1. The quantitative estimate of drug-likeness (QED) is 0.716. The van der Waals surface area contributed by atoms with Crippen molar-refractivity contribution in [2.24, 2.45) is 5.10 Å². The van der Waals surface area contributed by atoms with Crippen LogP contribution in [0.2, 0.25) is 0 Å². The van der Waals surface area contributed by atoms with E-state index in [1.165, 1.54) is 24.4 Å². The molecule has 1 aromatic carbocycles. The van der Waals surface area contributed by atoms with Crippen molar-refractivity contribution in [2.45, 2.75) is 49.3 Å². The van der Waals surface area contributed by atoms with Crippen molar-refractivity contribution >= 4 is 27.8 Å². The van der Waals surface area contributed by atoms with Gasteiger partial charge in [0, 0.05) is 25.2 Å². The Kier molecular flexibility index (Phi) is 6.14. The van der Waals surface area contributed by atoms with E-state index in [0.29, 0.717) is 18.5 Å². The third kappa shape index (κ3) is 4.45. The molecule has 2 aliphatic rings. The summed E-state index contributed by atoms with van der Waals surface area (Å²) in [5.74, 6) is -0.307. The number of aromatic nitrogens is 1. The number of anilines is 1. The lowest BCUT2D eigenvalue weighted by atomic mass is 10.0.